The first-order chi connectivity index (χ1) is 15.3. The summed E-state index contributed by atoms with van der Waals surface area (Å²) in [4.78, 5) is 28.3. The van der Waals surface area contributed by atoms with Gasteiger partial charge in [0.1, 0.15) is 5.82 Å². The lowest BCUT2D eigenvalue weighted by atomic mass is 10.0. The molecule has 166 valence electrons. The van der Waals surface area contributed by atoms with Gasteiger partial charge in [0.05, 0.1) is 28.6 Å². The summed E-state index contributed by atoms with van der Waals surface area (Å²) in [5.74, 6) is -1.33. The number of nitrogens with zero attached hydrogens (tertiary/aromatic N) is 3. The number of halogens is 1. The van der Waals surface area contributed by atoms with E-state index in [0.717, 1.165) is 35.4 Å². The quantitative estimate of drug-likeness (QED) is 0.646. The van der Waals surface area contributed by atoms with Crippen molar-refractivity contribution in [1.82, 2.24) is 14.7 Å². The van der Waals surface area contributed by atoms with Gasteiger partial charge in [-0.1, -0.05) is 24.3 Å². The number of anilines is 1. The first-order valence-electron chi connectivity index (χ1n) is 10.8. The summed E-state index contributed by atoms with van der Waals surface area (Å²) in [6, 6.07) is 11.1. The molecule has 1 unspecified atom stereocenters. The van der Waals surface area contributed by atoms with Gasteiger partial charge >= 0.3 is 0 Å². The number of nitrogens with one attached hydrogen (secondary N) is 1. The molecule has 4 rings (SSSR count). The van der Waals surface area contributed by atoms with Crippen molar-refractivity contribution >= 4 is 17.5 Å². The number of carbonyl (C=O) groups excluding carboxylic acids is 2. The van der Waals surface area contributed by atoms with Crippen LogP contribution in [0.2, 0.25) is 0 Å². The van der Waals surface area contributed by atoms with E-state index in [-0.39, 0.29) is 17.5 Å². The third-order valence-electron chi connectivity index (χ3n) is 6.27. The van der Waals surface area contributed by atoms with E-state index in [9.17, 15) is 14.0 Å². The van der Waals surface area contributed by atoms with Crippen LogP contribution in [-0.2, 0) is 7.05 Å². The van der Waals surface area contributed by atoms with Crippen LogP contribution in [-0.4, -0.2) is 33.0 Å². The fourth-order valence-corrected chi connectivity index (χ4v) is 4.57. The zero-order valence-corrected chi connectivity index (χ0v) is 18.8. The van der Waals surface area contributed by atoms with E-state index in [2.05, 4.69) is 10.4 Å². The van der Waals surface area contributed by atoms with Gasteiger partial charge in [0, 0.05) is 24.8 Å². The van der Waals surface area contributed by atoms with Crippen LogP contribution in [0.1, 0.15) is 62.1 Å². The molecule has 0 spiro atoms. The minimum atomic E-state index is -0.603. The summed E-state index contributed by atoms with van der Waals surface area (Å²) in [6.07, 6.45) is 1.76. The van der Waals surface area contributed by atoms with Crippen molar-refractivity contribution in [3.8, 4) is 0 Å². The van der Waals surface area contributed by atoms with Crippen molar-refractivity contribution in [2.75, 3.05) is 11.9 Å². The number of carbonyl (C=O) groups is 2. The van der Waals surface area contributed by atoms with Crippen molar-refractivity contribution in [2.45, 2.75) is 39.7 Å². The number of aromatic nitrogens is 2. The lowest BCUT2D eigenvalue weighted by molar-refractivity contribution is 0.0736. The molecule has 2 aromatic carbocycles. The van der Waals surface area contributed by atoms with E-state index in [1.165, 1.54) is 18.2 Å². The molecule has 0 radical (unpaired) electrons. The Labute approximate surface area is 187 Å². The van der Waals surface area contributed by atoms with E-state index in [4.69, 9.17) is 0 Å². The number of para-hydroxylation sites is 1. The average Bonchev–Trinajstić information content (AvgIpc) is 3.33. The van der Waals surface area contributed by atoms with Gasteiger partial charge < -0.3 is 10.2 Å². The Morgan fingerprint density at radius 2 is 1.78 bits per heavy atom. The lowest BCUT2D eigenvalue weighted by Crippen LogP contribution is -2.32. The molecule has 2 heterocycles. The van der Waals surface area contributed by atoms with Crippen LogP contribution in [0.4, 0.5) is 10.1 Å². The fraction of sp³-hybridized carbons (Fsp3) is 0.320. The highest BCUT2D eigenvalue weighted by atomic mass is 19.1. The Morgan fingerprint density at radius 1 is 1.06 bits per heavy atom. The number of benzene rings is 2. The molecule has 0 saturated carbocycles. The summed E-state index contributed by atoms with van der Waals surface area (Å²) in [7, 11) is 1.91. The maximum atomic E-state index is 14.1. The van der Waals surface area contributed by atoms with E-state index >= 15 is 0 Å². The highest BCUT2D eigenvalue weighted by Gasteiger charge is 2.35. The number of amides is 2. The molecule has 7 heteroatoms. The summed E-state index contributed by atoms with van der Waals surface area (Å²) in [5.41, 5.74) is 4.55. The van der Waals surface area contributed by atoms with Crippen LogP contribution in [0, 0.1) is 26.6 Å². The maximum Gasteiger partial charge on any atom is 0.258 e. The molecule has 3 aromatic rings. The Morgan fingerprint density at radius 3 is 2.47 bits per heavy atom. The SMILES string of the molecule is Cc1cccc(C(=O)N2CCCC2c2c(C)nn(C)c2C)c1NC(=O)c1ccccc1F. The summed E-state index contributed by atoms with van der Waals surface area (Å²) >= 11 is 0. The molecule has 1 aliphatic heterocycles. The van der Waals surface area contributed by atoms with E-state index in [1.54, 1.807) is 18.2 Å². The predicted molar refractivity (Wildman–Crippen MR) is 121 cm³/mol. The Kier molecular flexibility index (Phi) is 5.82. The van der Waals surface area contributed by atoms with Gasteiger partial charge in [-0.15, -0.1) is 0 Å². The smallest absolute Gasteiger partial charge is 0.258 e. The van der Waals surface area contributed by atoms with Gasteiger partial charge in [-0.25, -0.2) is 4.39 Å². The first kappa shape index (κ1) is 21.7. The van der Waals surface area contributed by atoms with Gasteiger partial charge in [0.25, 0.3) is 11.8 Å². The molecule has 6 nitrogen and oxygen atoms in total. The van der Waals surface area contributed by atoms with Crippen molar-refractivity contribution < 1.29 is 14.0 Å². The molecule has 2 amide bonds. The van der Waals surface area contributed by atoms with Crippen molar-refractivity contribution in [3.05, 3.63) is 81.9 Å². The molecule has 1 atom stereocenters. The largest absolute Gasteiger partial charge is 0.331 e. The van der Waals surface area contributed by atoms with Crippen molar-refractivity contribution in [1.29, 1.82) is 0 Å². The number of aryl methyl sites for hydroxylation is 3. The lowest BCUT2D eigenvalue weighted by Gasteiger charge is -2.27. The van der Waals surface area contributed by atoms with Crippen molar-refractivity contribution in [3.63, 3.8) is 0 Å². The molecule has 1 saturated heterocycles. The topological polar surface area (TPSA) is 67.2 Å². The number of hydrogen-bond acceptors (Lipinski definition) is 3. The van der Waals surface area contributed by atoms with Gasteiger partial charge in [0.2, 0.25) is 0 Å². The summed E-state index contributed by atoms with van der Waals surface area (Å²) in [5, 5.41) is 7.30. The highest BCUT2D eigenvalue weighted by Crippen LogP contribution is 2.37. The minimum Gasteiger partial charge on any atom is -0.331 e. The van der Waals surface area contributed by atoms with Crippen LogP contribution >= 0.6 is 0 Å². The van der Waals surface area contributed by atoms with Gasteiger partial charge in [0.15, 0.2) is 0 Å². The maximum absolute atomic E-state index is 14.1. The highest BCUT2D eigenvalue weighted by molar-refractivity contribution is 6.09. The second-order valence-electron chi connectivity index (χ2n) is 8.30. The van der Waals surface area contributed by atoms with Crippen molar-refractivity contribution in [2.24, 2.45) is 7.05 Å². The van der Waals surface area contributed by atoms with Crippen LogP contribution in [0.15, 0.2) is 42.5 Å². The first-order valence-corrected chi connectivity index (χ1v) is 10.8. The van der Waals surface area contributed by atoms with Crippen LogP contribution in [0.3, 0.4) is 0 Å². The molecular formula is C25H27FN4O2. The monoisotopic (exact) mass is 434 g/mol. The van der Waals surface area contributed by atoms with Gasteiger partial charge in [-0.05, 0) is 57.4 Å². The molecule has 0 aliphatic carbocycles. The Hall–Kier alpha value is -3.48. The Balaban J connectivity index is 1.68. The zero-order chi connectivity index (χ0) is 23.0. The Bertz CT molecular complexity index is 1200. The zero-order valence-electron chi connectivity index (χ0n) is 18.8. The second kappa shape index (κ2) is 8.57. The van der Waals surface area contributed by atoms with Crippen LogP contribution < -0.4 is 5.32 Å². The van der Waals surface area contributed by atoms with Gasteiger partial charge in [-0.2, -0.15) is 5.10 Å². The third kappa shape index (κ3) is 3.79. The molecule has 32 heavy (non-hydrogen) atoms. The van der Waals surface area contributed by atoms with Crippen LogP contribution in [0.5, 0.6) is 0 Å². The standard InChI is InChI=1S/C25H27FN4O2/c1-15-9-7-11-19(23(15)27-24(31)18-10-5-6-12-20(18)26)25(32)30-14-8-13-21(30)22-16(2)28-29(4)17(22)3/h5-7,9-12,21H,8,13-14H2,1-4H3,(H,27,31). The normalized spacial score (nSPS) is 15.8. The number of hydrogen-bond donors (Lipinski definition) is 1. The number of rotatable bonds is 4. The summed E-state index contributed by atoms with van der Waals surface area (Å²) < 4.78 is 16.0. The predicted octanol–water partition coefficient (Wildman–Crippen LogP) is 4.71. The molecule has 1 aliphatic rings. The average molecular weight is 435 g/mol. The fourth-order valence-electron chi connectivity index (χ4n) is 4.57. The summed E-state index contributed by atoms with van der Waals surface area (Å²) in [6.45, 7) is 6.44. The minimum absolute atomic E-state index is 0.0604. The van der Waals surface area contributed by atoms with E-state index < -0.39 is 11.7 Å². The van der Waals surface area contributed by atoms with Crippen LogP contribution in [0.25, 0.3) is 0 Å². The number of likely N-dealkylation sites (tertiary alicyclic amines) is 1. The molecule has 1 fully saturated rings. The van der Waals surface area contributed by atoms with E-state index in [1.807, 2.05) is 43.5 Å². The van der Waals surface area contributed by atoms with Gasteiger partial charge in [-0.3, -0.25) is 14.3 Å². The molecule has 1 aromatic heterocycles. The van der Waals surface area contributed by atoms with E-state index in [0.29, 0.717) is 17.8 Å². The second-order valence-corrected chi connectivity index (χ2v) is 8.30. The molecule has 1 N–H and O–H groups in total. The third-order valence-corrected chi connectivity index (χ3v) is 6.27. The molecule has 0 bridgehead atoms. The molecular weight excluding hydrogens is 407 g/mol.